The molecule has 1 N–H and O–H groups in total. The molecular weight excluding hydrogens is 454 g/mol. The van der Waals surface area contributed by atoms with Gasteiger partial charge in [0.1, 0.15) is 6.10 Å². The summed E-state index contributed by atoms with van der Waals surface area (Å²) >= 11 is 0. The molecule has 0 spiro atoms. The number of alkyl halides is 2. The SMILES string of the molecule is C[C@@H](CO)Oc1ccnc(C(=O)N2CCN(C(=O)/C=C/c3ccc4c(c3)OC(F)(F)O4)CC2)n1. The third kappa shape index (κ3) is 5.39. The standard InChI is InChI=1S/C22H22F2N4O6/c1-14(13-29)32-18-6-7-25-20(26-18)21(31)28-10-8-27(9-11-28)19(30)5-3-15-2-4-16-17(12-15)34-22(23,24)33-16/h2-7,12,14,29H,8-11,13H2,1H3/b5-3+/t14-/m0/s1. The Kier molecular flexibility index (Phi) is 6.59. The highest BCUT2D eigenvalue weighted by molar-refractivity contribution is 5.93. The smallest absolute Gasteiger partial charge is 0.472 e. The molecule has 0 aliphatic carbocycles. The normalized spacial score (nSPS) is 17.6. The van der Waals surface area contributed by atoms with Crippen LogP contribution in [0.15, 0.2) is 36.5 Å². The van der Waals surface area contributed by atoms with Gasteiger partial charge in [-0.1, -0.05) is 6.07 Å². The topological polar surface area (TPSA) is 114 Å². The van der Waals surface area contributed by atoms with Crippen LogP contribution in [0.5, 0.6) is 17.4 Å². The first-order valence-corrected chi connectivity index (χ1v) is 10.5. The van der Waals surface area contributed by atoms with Gasteiger partial charge in [-0.05, 0) is 30.7 Å². The van der Waals surface area contributed by atoms with Crippen LogP contribution >= 0.6 is 0 Å². The minimum absolute atomic E-state index is 0.0318. The zero-order valence-corrected chi connectivity index (χ0v) is 18.2. The molecule has 12 heteroatoms. The zero-order valence-electron chi connectivity index (χ0n) is 18.2. The summed E-state index contributed by atoms with van der Waals surface area (Å²) in [6.07, 6.45) is 0.0571. The lowest BCUT2D eigenvalue weighted by Gasteiger charge is -2.33. The number of rotatable bonds is 6. The molecule has 1 aromatic heterocycles. The Hall–Kier alpha value is -3.80. The highest BCUT2D eigenvalue weighted by atomic mass is 19.3. The van der Waals surface area contributed by atoms with Crippen LogP contribution in [0.1, 0.15) is 23.1 Å². The molecule has 2 aliphatic heterocycles. The van der Waals surface area contributed by atoms with Gasteiger partial charge in [0.25, 0.3) is 5.91 Å². The number of halogens is 2. The van der Waals surface area contributed by atoms with Crippen molar-refractivity contribution in [2.75, 3.05) is 32.8 Å². The van der Waals surface area contributed by atoms with Crippen molar-refractivity contribution in [1.82, 2.24) is 19.8 Å². The molecule has 0 saturated carbocycles. The summed E-state index contributed by atoms with van der Waals surface area (Å²) in [4.78, 5) is 36.5. The van der Waals surface area contributed by atoms with Gasteiger partial charge in [-0.3, -0.25) is 9.59 Å². The summed E-state index contributed by atoms with van der Waals surface area (Å²) in [6, 6.07) is 5.73. The first-order chi connectivity index (χ1) is 16.2. The van der Waals surface area contributed by atoms with Crippen molar-refractivity contribution in [3.63, 3.8) is 0 Å². The lowest BCUT2D eigenvalue weighted by molar-refractivity contribution is -0.286. The van der Waals surface area contributed by atoms with E-state index in [0.29, 0.717) is 31.7 Å². The first-order valence-electron chi connectivity index (χ1n) is 10.5. The molecule has 180 valence electrons. The minimum atomic E-state index is -3.70. The van der Waals surface area contributed by atoms with Crippen LogP contribution in [0, 0.1) is 0 Å². The fourth-order valence-electron chi connectivity index (χ4n) is 3.37. The maximum absolute atomic E-state index is 13.1. The van der Waals surface area contributed by atoms with Crippen molar-refractivity contribution in [2.24, 2.45) is 0 Å². The van der Waals surface area contributed by atoms with Crippen LogP contribution in [0.3, 0.4) is 0 Å². The van der Waals surface area contributed by atoms with Gasteiger partial charge < -0.3 is 29.1 Å². The Morgan fingerprint density at radius 2 is 1.88 bits per heavy atom. The first kappa shape index (κ1) is 23.4. The fraction of sp³-hybridized carbons (Fsp3) is 0.364. The fourth-order valence-corrected chi connectivity index (χ4v) is 3.37. The molecular formula is C22H22F2N4O6. The number of carbonyl (C=O) groups excluding carboxylic acids is 2. The Morgan fingerprint density at radius 1 is 1.18 bits per heavy atom. The number of piperazine rings is 1. The second kappa shape index (κ2) is 9.59. The molecule has 4 rings (SSSR count). The Bertz CT molecular complexity index is 1100. The number of fused-ring (bicyclic) bond motifs is 1. The molecule has 10 nitrogen and oxygen atoms in total. The summed E-state index contributed by atoms with van der Waals surface area (Å²) in [5.74, 6) is -0.684. The van der Waals surface area contributed by atoms with Crippen molar-refractivity contribution in [3.05, 3.63) is 47.9 Å². The number of ether oxygens (including phenoxy) is 3. The number of benzene rings is 1. The van der Waals surface area contributed by atoms with Crippen LogP contribution in [0.25, 0.3) is 6.08 Å². The molecule has 0 radical (unpaired) electrons. The van der Waals surface area contributed by atoms with Crippen molar-refractivity contribution < 1.29 is 37.7 Å². The maximum Gasteiger partial charge on any atom is 0.586 e. The van der Waals surface area contributed by atoms with E-state index >= 15 is 0 Å². The predicted molar refractivity (Wildman–Crippen MR) is 113 cm³/mol. The number of aliphatic hydroxyl groups excluding tert-OH is 1. The van der Waals surface area contributed by atoms with E-state index in [1.54, 1.807) is 16.7 Å². The van der Waals surface area contributed by atoms with E-state index in [1.165, 1.54) is 42.6 Å². The number of aliphatic hydroxyl groups is 1. The maximum atomic E-state index is 13.1. The van der Waals surface area contributed by atoms with Gasteiger partial charge in [0, 0.05) is 44.5 Å². The second-order valence-electron chi connectivity index (χ2n) is 7.65. The Morgan fingerprint density at radius 3 is 2.62 bits per heavy atom. The number of nitrogens with zero attached hydrogens (tertiary/aromatic N) is 4. The van der Waals surface area contributed by atoms with E-state index < -0.39 is 12.4 Å². The number of carbonyl (C=O) groups is 2. The van der Waals surface area contributed by atoms with E-state index in [-0.39, 0.29) is 41.6 Å². The summed E-state index contributed by atoms with van der Waals surface area (Å²) in [6.45, 7) is 2.67. The van der Waals surface area contributed by atoms with E-state index in [1.807, 2.05) is 0 Å². The molecule has 2 aromatic rings. The molecule has 2 amide bonds. The quantitative estimate of drug-likeness (QED) is 0.625. The third-order valence-electron chi connectivity index (χ3n) is 5.12. The summed E-state index contributed by atoms with van der Waals surface area (Å²) in [5.41, 5.74) is 0.497. The third-order valence-corrected chi connectivity index (χ3v) is 5.12. The van der Waals surface area contributed by atoms with Crippen molar-refractivity contribution in [3.8, 4) is 17.4 Å². The van der Waals surface area contributed by atoms with E-state index in [9.17, 15) is 18.4 Å². The van der Waals surface area contributed by atoms with Gasteiger partial charge >= 0.3 is 6.29 Å². The van der Waals surface area contributed by atoms with Crippen molar-refractivity contribution in [2.45, 2.75) is 19.3 Å². The van der Waals surface area contributed by atoms with Gasteiger partial charge in [-0.15, -0.1) is 8.78 Å². The van der Waals surface area contributed by atoms with Crippen molar-refractivity contribution in [1.29, 1.82) is 0 Å². The zero-order chi connectivity index (χ0) is 24.3. The van der Waals surface area contributed by atoms with Crippen molar-refractivity contribution >= 4 is 17.9 Å². The lowest BCUT2D eigenvalue weighted by atomic mass is 10.2. The van der Waals surface area contributed by atoms with Crippen LogP contribution in [0.2, 0.25) is 0 Å². The van der Waals surface area contributed by atoms with Gasteiger partial charge in [0.15, 0.2) is 11.5 Å². The van der Waals surface area contributed by atoms with Gasteiger partial charge in [-0.25, -0.2) is 4.98 Å². The van der Waals surface area contributed by atoms with Gasteiger partial charge in [0.2, 0.25) is 17.6 Å². The molecule has 3 heterocycles. The van der Waals surface area contributed by atoms with Crippen LogP contribution < -0.4 is 14.2 Å². The average Bonchev–Trinajstić information content (AvgIpc) is 3.15. The molecule has 0 unspecified atom stereocenters. The van der Waals surface area contributed by atoms with Crippen LogP contribution in [-0.2, 0) is 4.79 Å². The van der Waals surface area contributed by atoms with Crippen LogP contribution in [0.4, 0.5) is 8.78 Å². The number of hydrogen-bond acceptors (Lipinski definition) is 8. The van der Waals surface area contributed by atoms with E-state index in [4.69, 9.17) is 9.84 Å². The summed E-state index contributed by atoms with van der Waals surface area (Å²) < 4.78 is 40.4. The molecule has 0 bridgehead atoms. The molecule has 1 atom stereocenters. The average molecular weight is 476 g/mol. The van der Waals surface area contributed by atoms with Gasteiger partial charge in [-0.2, -0.15) is 4.98 Å². The molecule has 34 heavy (non-hydrogen) atoms. The second-order valence-corrected chi connectivity index (χ2v) is 7.65. The van der Waals surface area contributed by atoms with E-state index in [2.05, 4.69) is 19.4 Å². The molecule has 1 aromatic carbocycles. The highest BCUT2D eigenvalue weighted by Crippen LogP contribution is 2.41. The highest BCUT2D eigenvalue weighted by Gasteiger charge is 2.43. The number of amides is 2. The minimum Gasteiger partial charge on any atom is -0.472 e. The predicted octanol–water partition coefficient (Wildman–Crippen LogP) is 1.56. The largest absolute Gasteiger partial charge is 0.586 e. The van der Waals surface area contributed by atoms with Gasteiger partial charge in [0.05, 0.1) is 6.61 Å². The molecule has 1 saturated heterocycles. The van der Waals surface area contributed by atoms with E-state index in [0.717, 1.165) is 0 Å². The van der Waals surface area contributed by atoms with Crippen LogP contribution in [-0.4, -0.2) is 81.9 Å². The number of aromatic nitrogens is 2. The summed E-state index contributed by atoms with van der Waals surface area (Å²) in [7, 11) is 0. The molecule has 1 fully saturated rings. The number of hydrogen-bond donors (Lipinski definition) is 1. The Labute approximate surface area is 193 Å². The summed E-state index contributed by atoms with van der Waals surface area (Å²) in [5, 5.41) is 9.09. The Balaban J connectivity index is 1.31. The monoisotopic (exact) mass is 476 g/mol. The lowest BCUT2D eigenvalue weighted by Crippen LogP contribution is -2.50. The molecule has 2 aliphatic rings.